The van der Waals surface area contributed by atoms with Crippen molar-refractivity contribution >= 4 is 0 Å². The average Bonchev–Trinajstić information content (AvgIpc) is 2.72. The molecule has 0 bridgehead atoms. The number of aromatic nitrogens is 2. The summed E-state index contributed by atoms with van der Waals surface area (Å²) in [5.41, 5.74) is -1.94. The third kappa shape index (κ3) is 3.16. The summed E-state index contributed by atoms with van der Waals surface area (Å²) in [6.07, 6.45) is -1.27. The van der Waals surface area contributed by atoms with Gasteiger partial charge in [-0.2, -0.15) is 0 Å². The van der Waals surface area contributed by atoms with E-state index in [0.717, 1.165) is 4.57 Å². The van der Waals surface area contributed by atoms with Crippen molar-refractivity contribution in [2.24, 2.45) is 0 Å². The molecule has 1 aliphatic rings. The fraction of sp³-hybridized carbons (Fsp3) is 0.692. The standard InChI is InChI=1S/C11H15FN2O4.C2H6/c1-6-4-14(10(17)13-8(6)16)9-7(12)3-11(2,5-15)18-9;1-2/h4,7,9,15H,3,5H2,1-2H3,(H,13,16,17);1-2H3/t7?,9?,11-;/m0./s1. The van der Waals surface area contributed by atoms with Crippen molar-refractivity contribution in [3.8, 4) is 0 Å². The van der Waals surface area contributed by atoms with Crippen LogP contribution < -0.4 is 11.2 Å². The Morgan fingerprint density at radius 3 is 2.65 bits per heavy atom. The van der Waals surface area contributed by atoms with Crippen molar-refractivity contribution in [1.29, 1.82) is 0 Å². The highest BCUT2D eigenvalue weighted by Crippen LogP contribution is 2.37. The lowest BCUT2D eigenvalue weighted by Gasteiger charge is -2.22. The zero-order valence-corrected chi connectivity index (χ0v) is 12.1. The Labute approximate surface area is 116 Å². The Bertz CT molecular complexity index is 568. The monoisotopic (exact) mass is 288 g/mol. The first-order valence-corrected chi connectivity index (χ1v) is 6.61. The van der Waals surface area contributed by atoms with Crippen LogP contribution in [0.15, 0.2) is 15.8 Å². The van der Waals surface area contributed by atoms with E-state index in [4.69, 9.17) is 9.84 Å². The van der Waals surface area contributed by atoms with Crippen LogP contribution in [0.5, 0.6) is 0 Å². The van der Waals surface area contributed by atoms with Gasteiger partial charge in [-0.1, -0.05) is 13.8 Å². The molecule has 0 aliphatic carbocycles. The van der Waals surface area contributed by atoms with E-state index in [2.05, 4.69) is 4.98 Å². The summed E-state index contributed by atoms with van der Waals surface area (Å²) in [7, 11) is 0. The third-order valence-corrected chi connectivity index (χ3v) is 3.10. The highest BCUT2D eigenvalue weighted by atomic mass is 19.1. The number of alkyl halides is 1. The molecule has 0 spiro atoms. The fourth-order valence-corrected chi connectivity index (χ4v) is 2.03. The Morgan fingerprint density at radius 2 is 2.15 bits per heavy atom. The Kier molecular flexibility index (Phi) is 5.24. The summed E-state index contributed by atoms with van der Waals surface area (Å²) < 4.78 is 20.3. The van der Waals surface area contributed by atoms with Crippen molar-refractivity contribution in [3.05, 3.63) is 32.6 Å². The summed E-state index contributed by atoms with van der Waals surface area (Å²) in [6.45, 7) is 6.76. The number of ether oxygens (including phenoxy) is 1. The summed E-state index contributed by atoms with van der Waals surface area (Å²) in [4.78, 5) is 24.9. The van der Waals surface area contributed by atoms with Crippen molar-refractivity contribution in [1.82, 2.24) is 9.55 Å². The number of nitrogens with zero attached hydrogens (tertiary/aromatic N) is 1. The molecule has 1 aliphatic heterocycles. The normalized spacial score (nSPS) is 28.9. The van der Waals surface area contributed by atoms with Crippen LogP contribution in [0.2, 0.25) is 0 Å². The maximum atomic E-state index is 13.9. The molecule has 0 amide bonds. The second-order valence-electron chi connectivity index (χ2n) is 4.82. The van der Waals surface area contributed by atoms with Gasteiger partial charge in [-0.3, -0.25) is 14.3 Å². The number of aliphatic hydroxyl groups excluding tert-OH is 1. The highest BCUT2D eigenvalue weighted by Gasteiger charge is 2.44. The highest BCUT2D eigenvalue weighted by molar-refractivity contribution is 5.03. The molecule has 0 aromatic carbocycles. The number of hydrogen-bond acceptors (Lipinski definition) is 4. The van der Waals surface area contributed by atoms with Crippen molar-refractivity contribution < 1.29 is 14.2 Å². The summed E-state index contributed by atoms with van der Waals surface area (Å²) in [6, 6.07) is 0. The van der Waals surface area contributed by atoms with E-state index in [-0.39, 0.29) is 13.0 Å². The number of aliphatic hydroxyl groups is 1. The maximum Gasteiger partial charge on any atom is 0.330 e. The van der Waals surface area contributed by atoms with Gasteiger partial charge >= 0.3 is 5.69 Å². The molecule has 6 nitrogen and oxygen atoms in total. The van der Waals surface area contributed by atoms with Gasteiger partial charge < -0.3 is 9.84 Å². The molecule has 0 radical (unpaired) electrons. The lowest BCUT2D eigenvalue weighted by Crippen LogP contribution is -2.36. The molecular formula is C13H21FN2O4. The Morgan fingerprint density at radius 1 is 1.55 bits per heavy atom. The second kappa shape index (κ2) is 6.32. The molecule has 114 valence electrons. The van der Waals surface area contributed by atoms with Crippen molar-refractivity contribution in [2.45, 2.75) is 52.1 Å². The number of rotatable bonds is 2. The van der Waals surface area contributed by atoms with Crippen LogP contribution in [0.1, 0.15) is 39.0 Å². The van der Waals surface area contributed by atoms with Gasteiger partial charge in [0.25, 0.3) is 5.56 Å². The van der Waals surface area contributed by atoms with Gasteiger partial charge in [-0.25, -0.2) is 9.18 Å². The first-order chi connectivity index (χ1) is 9.36. The first-order valence-electron chi connectivity index (χ1n) is 6.61. The fourth-order valence-electron chi connectivity index (χ4n) is 2.03. The molecule has 0 saturated carbocycles. The number of nitrogens with one attached hydrogen (secondary N) is 1. The van der Waals surface area contributed by atoms with E-state index in [1.165, 1.54) is 13.1 Å². The van der Waals surface area contributed by atoms with E-state index in [1.807, 2.05) is 13.8 Å². The minimum Gasteiger partial charge on any atom is -0.393 e. The average molecular weight is 288 g/mol. The third-order valence-electron chi connectivity index (χ3n) is 3.10. The molecule has 2 unspecified atom stereocenters. The summed E-state index contributed by atoms with van der Waals surface area (Å²) >= 11 is 0. The van der Waals surface area contributed by atoms with Crippen LogP contribution in [-0.4, -0.2) is 33.0 Å². The number of aromatic amines is 1. The molecule has 2 rings (SSSR count). The van der Waals surface area contributed by atoms with Gasteiger partial charge in [0.1, 0.15) is 6.17 Å². The van der Waals surface area contributed by atoms with Crippen LogP contribution >= 0.6 is 0 Å². The van der Waals surface area contributed by atoms with Gasteiger partial charge in [0.2, 0.25) is 0 Å². The molecule has 7 heteroatoms. The predicted molar refractivity (Wildman–Crippen MR) is 72.5 cm³/mol. The quantitative estimate of drug-likeness (QED) is 0.846. The lowest BCUT2D eigenvalue weighted by atomic mass is 10.0. The number of H-pyrrole nitrogens is 1. The minimum absolute atomic E-state index is 0.00121. The predicted octanol–water partition coefficient (Wildman–Crippen LogP) is 0.879. The van der Waals surface area contributed by atoms with Gasteiger partial charge in [0.15, 0.2) is 6.23 Å². The maximum absolute atomic E-state index is 13.9. The molecular weight excluding hydrogens is 267 g/mol. The largest absolute Gasteiger partial charge is 0.393 e. The van der Waals surface area contributed by atoms with E-state index in [1.54, 1.807) is 6.92 Å². The molecule has 1 aromatic rings. The van der Waals surface area contributed by atoms with E-state index >= 15 is 0 Å². The molecule has 2 N–H and O–H groups in total. The van der Waals surface area contributed by atoms with Crippen molar-refractivity contribution in [2.75, 3.05) is 6.61 Å². The van der Waals surface area contributed by atoms with Gasteiger partial charge in [0.05, 0.1) is 12.2 Å². The van der Waals surface area contributed by atoms with Gasteiger partial charge in [0, 0.05) is 18.2 Å². The topological polar surface area (TPSA) is 84.3 Å². The van der Waals surface area contributed by atoms with E-state index in [9.17, 15) is 14.0 Å². The molecule has 1 saturated heterocycles. The van der Waals surface area contributed by atoms with E-state index < -0.39 is 29.2 Å². The van der Waals surface area contributed by atoms with Gasteiger partial charge in [-0.15, -0.1) is 0 Å². The van der Waals surface area contributed by atoms with E-state index in [0.29, 0.717) is 5.56 Å². The number of hydrogen-bond donors (Lipinski definition) is 2. The van der Waals surface area contributed by atoms with Crippen molar-refractivity contribution in [3.63, 3.8) is 0 Å². The summed E-state index contributed by atoms with van der Waals surface area (Å²) in [5.74, 6) is 0. The molecule has 20 heavy (non-hydrogen) atoms. The van der Waals surface area contributed by atoms with Crippen LogP contribution in [-0.2, 0) is 4.74 Å². The zero-order valence-electron chi connectivity index (χ0n) is 12.1. The summed E-state index contributed by atoms with van der Waals surface area (Å²) in [5, 5.41) is 9.14. The molecule has 1 fully saturated rings. The Balaban J connectivity index is 0.000000956. The van der Waals surface area contributed by atoms with Crippen LogP contribution in [0, 0.1) is 6.92 Å². The number of halogens is 1. The first kappa shape index (κ1) is 16.6. The molecule has 2 heterocycles. The van der Waals surface area contributed by atoms with Crippen LogP contribution in [0.3, 0.4) is 0 Å². The lowest BCUT2D eigenvalue weighted by molar-refractivity contribution is -0.0953. The number of aryl methyl sites for hydroxylation is 1. The smallest absolute Gasteiger partial charge is 0.330 e. The SMILES string of the molecule is CC.Cc1cn(C2O[C@](C)(CO)CC2F)c(=O)[nH]c1=O. The zero-order chi connectivity index (χ0) is 15.5. The van der Waals surface area contributed by atoms with Gasteiger partial charge in [-0.05, 0) is 13.8 Å². The molecule has 1 aromatic heterocycles. The second-order valence-corrected chi connectivity index (χ2v) is 4.82. The Hall–Kier alpha value is -1.47. The minimum atomic E-state index is -1.41. The van der Waals surface area contributed by atoms with Crippen LogP contribution in [0.4, 0.5) is 4.39 Å². The van der Waals surface area contributed by atoms with Crippen LogP contribution in [0.25, 0.3) is 0 Å². The molecule has 3 atom stereocenters.